The van der Waals surface area contributed by atoms with Gasteiger partial charge in [-0.2, -0.15) is 0 Å². The summed E-state index contributed by atoms with van der Waals surface area (Å²) in [6.45, 7) is 15.1. The Morgan fingerprint density at radius 3 is 1.90 bits per heavy atom. The standard InChI is InChI=1S/C26H28O4/c1-7-16-8-9-19-20(12-16)24(30-26(28)14(4)5)22-18-11-10-17(15(18)6)21(22)23(19)29-25(27)13(2)3/h8-9,12,15,17-18H,2,4,7,10-11H2,1,3,5-6H3. The van der Waals surface area contributed by atoms with Gasteiger partial charge in [0.15, 0.2) is 0 Å². The van der Waals surface area contributed by atoms with Crippen molar-refractivity contribution in [2.24, 2.45) is 5.92 Å². The van der Waals surface area contributed by atoms with Gasteiger partial charge in [-0.05, 0) is 62.5 Å². The molecule has 0 N–H and O–H groups in total. The van der Waals surface area contributed by atoms with Gasteiger partial charge in [-0.3, -0.25) is 0 Å². The number of carbonyl (C=O) groups is 2. The van der Waals surface area contributed by atoms with Crippen LogP contribution < -0.4 is 9.47 Å². The molecular formula is C26H28O4. The van der Waals surface area contributed by atoms with Crippen molar-refractivity contribution in [3.8, 4) is 11.5 Å². The predicted octanol–water partition coefficient (Wildman–Crippen LogP) is 5.98. The van der Waals surface area contributed by atoms with Gasteiger partial charge in [0.2, 0.25) is 0 Å². The van der Waals surface area contributed by atoms with E-state index in [1.807, 2.05) is 18.2 Å². The fourth-order valence-electron chi connectivity index (χ4n) is 5.03. The van der Waals surface area contributed by atoms with Crippen LogP contribution in [0.5, 0.6) is 11.5 Å². The minimum absolute atomic E-state index is 0.287. The molecular weight excluding hydrogens is 376 g/mol. The Bertz CT molecular complexity index is 1110. The van der Waals surface area contributed by atoms with Crippen LogP contribution >= 0.6 is 0 Å². The van der Waals surface area contributed by atoms with E-state index in [1.165, 1.54) is 0 Å². The zero-order chi connectivity index (χ0) is 21.7. The third-order valence-electron chi connectivity index (χ3n) is 6.65. The van der Waals surface area contributed by atoms with E-state index in [-0.39, 0.29) is 11.8 Å². The van der Waals surface area contributed by atoms with Crippen molar-refractivity contribution in [1.82, 2.24) is 0 Å². The number of carbonyl (C=O) groups excluding carboxylic acids is 2. The molecule has 156 valence electrons. The van der Waals surface area contributed by atoms with Gasteiger partial charge in [-0.25, -0.2) is 9.59 Å². The number of hydrogen-bond acceptors (Lipinski definition) is 4. The summed E-state index contributed by atoms with van der Waals surface area (Å²) in [6.07, 6.45) is 2.94. The highest BCUT2D eigenvalue weighted by Gasteiger charge is 2.48. The molecule has 0 saturated heterocycles. The van der Waals surface area contributed by atoms with Crippen LogP contribution in [0.25, 0.3) is 10.8 Å². The molecule has 1 fully saturated rings. The van der Waals surface area contributed by atoms with Crippen molar-refractivity contribution < 1.29 is 19.1 Å². The number of rotatable bonds is 5. The first-order valence-corrected chi connectivity index (χ1v) is 10.6. The summed E-state index contributed by atoms with van der Waals surface area (Å²) in [5.74, 6) is 1.34. The van der Waals surface area contributed by atoms with Crippen molar-refractivity contribution >= 4 is 22.7 Å². The van der Waals surface area contributed by atoms with Gasteiger partial charge in [0.05, 0.1) is 0 Å². The number of hydrogen-bond donors (Lipinski definition) is 0. The molecule has 2 aromatic rings. The highest BCUT2D eigenvalue weighted by atomic mass is 16.5. The molecule has 2 aromatic carbocycles. The average molecular weight is 405 g/mol. The largest absolute Gasteiger partial charge is 0.422 e. The summed E-state index contributed by atoms with van der Waals surface area (Å²) >= 11 is 0. The Balaban J connectivity index is 2.05. The lowest BCUT2D eigenvalue weighted by Gasteiger charge is -2.24. The van der Waals surface area contributed by atoms with Crippen LogP contribution in [-0.4, -0.2) is 11.9 Å². The summed E-state index contributed by atoms with van der Waals surface area (Å²) in [5, 5.41) is 1.61. The van der Waals surface area contributed by atoms with Crippen molar-refractivity contribution in [2.45, 2.75) is 58.8 Å². The monoisotopic (exact) mass is 404 g/mol. The zero-order valence-corrected chi connectivity index (χ0v) is 18.1. The van der Waals surface area contributed by atoms with Gasteiger partial charge in [-0.15, -0.1) is 0 Å². The first kappa shape index (κ1) is 20.4. The topological polar surface area (TPSA) is 52.6 Å². The Hall–Kier alpha value is -2.88. The van der Waals surface area contributed by atoms with Gasteiger partial charge in [0.1, 0.15) is 11.5 Å². The zero-order valence-electron chi connectivity index (χ0n) is 18.1. The van der Waals surface area contributed by atoms with Gasteiger partial charge >= 0.3 is 11.9 Å². The molecule has 0 aromatic heterocycles. The summed E-state index contributed by atoms with van der Waals surface area (Å²) in [4.78, 5) is 25.0. The minimum atomic E-state index is -0.430. The fourth-order valence-corrected chi connectivity index (χ4v) is 5.03. The molecule has 2 bridgehead atoms. The van der Waals surface area contributed by atoms with E-state index in [1.54, 1.807) is 13.8 Å². The molecule has 4 rings (SSSR count). The van der Waals surface area contributed by atoms with Gasteiger partial charge in [0.25, 0.3) is 0 Å². The second-order valence-electron chi connectivity index (χ2n) is 8.71. The molecule has 4 heteroatoms. The first-order chi connectivity index (χ1) is 14.2. The molecule has 3 unspecified atom stereocenters. The fraction of sp³-hybridized carbons (Fsp3) is 0.385. The molecule has 30 heavy (non-hydrogen) atoms. The Morgan fingerprint density at radius 2 is 1.43 bits per heavy atom. The number of ether oxygens (including phenoxy) is 2. The summed E-state index contributed by atoms with van der Waals surface area (Å²) < 4.78 is 11.9. The van der Waals surface area contributed by atoms with Crippen LogP contribution in [0.15, 0.2) is 42.5 Å². The second kappa shape index (κ2) is 7.42. The van der Waals surface area contributed by atoms with Crippen LogP contribution in [0.2, 0.25) is 0 Å². The third-order valence-corrected chi connectivity index (χ3v) is 6.65. The van der Waals surface area contributed by atoms with Crippen LogP contribution in [0.1, 0.15) is 69.1 Å². The molecule has 4 nitrogen and oxygen atoms in total. The molecule has 2 aliphatic rings. The highest BCUT2D eigenvalue weighted by molar-refractivity contribution is 6.02. The SMILES string of the molecule is C=C(C)C(=O)Oc1c2c(c(OC(=O)C(=C)C)c3cc(CC)ccc13)C1CCC2C1C. The van der Waals surface area contributed by atoms with Crippen molar-refractivity contribution in [1.29, 1.82) is 0 Å². The maximum Gasteiger partial charge on any atom is 0.338 e. The number of aryl methyl sites for hydroxylation is 1. The van der Waals surface area contributed by atoms with Crippen LogP contribution in [-0.2, 0) is 16.0 Å². The highest BCUT2D eigenvalue weighted by Crippen LogP contribution is 2.64. The van der Waals surface area contributed by atoms with Crippen molar-refractivity contribution in [3.63, 3.8) is 0 Å². The Labute approximate surface area is 177 Å². The van der Waals surface area contributed by atoms with Crippen molar-refractivity contribution in [2.75, 3.05) is 0 Å². The molecule has 0 radical (unpaired) electrons. The summed E-state index contributed by atoms with van der Waals surface area (Å²) in [6, 6.07) is 6.06. The molecule has 2 aliphatic carbocycles. The lowest BCUT2D eigenvalue weighted by Crippen LogP contribution is -2.15. The summed E-state index contributed by atoms with van der Waals surface area (Å²) in [7, 11) is 0. The molecule has 1 saturated carbocycles. The predicted molar refractivity (Wildman–Crippen MR) is 118 cm³/mol. The second-order valence-corrected chi connectivity index (χ2v) is 8.71. The maximum absolute atomic E-state index is 12.5. The number of esters is 2. The molecule has 0 spiro atoms. The van der Waals surface area contributed by atoms with Crippen LogP contribution in [0.3, 0.4) is 0 Å². The average Bonchev–Trinajstić information content (AvgIpc) is 3.22. The number of benzene rings is 2. The van der Waals surface area contributed by atoms with Gasteiger partial charge in [0, 0.05) is 33.0 Å². The smallest absolute Gasteiger partial charge is 0.338 e. The molecule has 3 atom stereocenters. The van der Waals surface area contributed by atoms with E-state index in [0.717, 1.165) is 46.7 Å². The normalized spacial score (nSPS) is 21.4. The van der Waals surface area contributed by atoms with E-state index in [4.69, 9.17) is 9.47 Å². The Morgan fingerprint density at radius 1 is 0.933 bits per heavy atom. The van der Waals surface area contributed by atoms with Gasteiger partial charge < -0.3 is 9.47 Å². The third kappa shape index (κ3) is 3.06. The molecule has 0 heterocycles. The summed E-state index contributed by atoms with van der Waals surface area (Å²) in [5.41, 5.74) is 3.89. The first-order valence-electron chi connectivity index (χ1n) is 10.6. The van der Waals surface area contributed by atoms with Crippen molar-refractivity contribution in [3.05, 3.63) is 59.2 Å². The molecule has 0 amide bonds. The van der Waals surface area contributed by atoms with Crippen LogP contribution in [0.4, 0.5) is 0 Å². The van der Waals surface area contributed by atoms with E-state index in [9.17, 15) is 9.59 Å². The number of fused-ring (bicyclic) bond motifs is 6. The maximum atomic E-state index is 12.5. The lowest BCUT2D eigenvalue weighted by molar-refractivity contribution is -0.131. The Kier molecular flexibility index (Phi) is 5.05. The minimum Gasteiger partial charge on any atom is -0.422 e. The van der Waals surface area contributed by atoms with Gasteiger partial charge in [-0.1, -0.05) is 39.1 Å². The van der Waals surface area contributed by atoms with E-state index < -0.39 is 11.9 Å². The lowest BCUT2D eigenvalue weighted by atomic mass is 9.86. The van der Waals surface area contributed by atoms with E-state index in [0.29, 0.717) is 28.6 Å². The quantitative estimate of drug-likeness (QED) is 0.350. The van der Waals surface area contributed by atoms with E-state index >= 15 is 0 Å². The molecule has 0 aliphatic heterocycles. The van der Waals surface area contributed by atoms with E-state index in [2.05, 4.69) is 27.0 Å². The van der Waals surface area contributed by atoms with Crippen LogP contribution in [0, 0.1) is 5.92 Å².